The van der Waals surface area contributed by atoms with Gasteiger partial charge in [-0.1, -0.05) is 165 Å². The van der Waals surface area contributed by atoms with Crippen LogP contribution in [0.5, 0.6) is 0 Å². The Morgan fingerprint density at radius 2 is 0.987 bits per heavy atom. The fourth-order valence-corrected chi connectivity index (χ4v) is 16.6. The van der Waals surface area contributed by atoms with Crippen LogP contribution >= 0.6 is 11.3 Å². The molecule has 8 aromatic rings. The lowest BCUT2D eigenvalue weighted by Crippen LogP contribution is -2.62. The van der Waals surface area contributed by atoms with Crippen LogP contribution < -0.4 is 26.2 Å². The van der Waals surface area contributed by atoms with E-state index in [2.05, 4.69) is 237 Å². The lowest BCUT2D eigenvalue weighted by Gasteiger charge is -2.48. The zero-order chi connectivity index (χ0) is 53.8. The highest BCUT2D eigenvalue weighted by Crippen LogP contribution is 2.56. The number of fused-ring (bicyclic) bond motifs is 11. The van der Waals surface area contributed by atoms with Gasteiger partial charge in [0.1, 0.15) is 0 Å². The molecule has 3 heterocycles. The minimum atomic E-state index is -0.0179. The van der Waals surface area contributed by atoms with E-state index in [1.165, 1.54) is 170 Å². The Labute approximate surface area is 460 Å². The molecule has 0 saturated carbocycles. The predicted molar refractivity (Wildman–Crippen MR) is 333 cm³/mol. The summed E-state index contributed by atoms with van der Waals surface area (Å²) < 4.78 is 2.80. The van der Waals surface area contributed by atoms with E-state index >= 15 is 0 Å². The Bertz CT molecular complexity index is 3810. The summed E-state index contributed by atoms with van der Waals surface area (Å²) in [6.45, 7) is 41.8. The van der Waals surface area contributed by atoms with Gasteiger partial charge in [0.15, 0.2) is 0 Å². The van der Waals surface area contributed by atoms with Gasteiger partial charge in [-0.3, -0.25) is 0 Å². The van der Waals surface area contributed by atoms with Gasteiger partial charge < -0.3 is 9.80 Å². The molecular weight excluding hydrogens is 936 g/mol. The minimum absolute atomic E-state index is 0.0178. The molecule has 388 valence electrons. The van der Waals surface area contributed by atoms with Gasteiger partial charge in [-0.15, -0.1) is 11.3 Å². The second-order valence-electron chi connectivity index (χ2n) is 29.4. The zero-order valence-corrected chi connectivity index (χ0v) is 49.8. The fourth-order valence-electron chi connectivity index (χ4n) is 15.3. The number of thiophene rings is 1. The molecule has 76 heavy (non-hydrogen) atoms. The number of nitrogens with zero attached hydrogens (tertiary/aromatic N) is 2. The van der Waals surface area contributed by atoms with Crippen molar-refractivity contribution in [1.29, 1.82) is 0 Å². The Morgan fingerprint density at radius 3 is 1.59 bits per heavy atom. The first-order valence-corrected chi connectivity index (χ1v) is 29.7. The molecule has 0 radical (unpaired) electrons. The van der Waals surface area contributed by atoms with Gasteiger partial charge in [-0.25, -0.2) is 0 Å². The molecule has 0 bridgehead atoms. The predicted octanol–water partition coefficient (Wildman–Crippen LogP) is 18.8. The highest BCUT2D eigenvalue weighted by Gasteiger charge is 2.49. The molecule has 0 atom stereocenters. The van der Waals surface area contributed by atoms with Crippen LogP contribution in [0.15, 0.2) is 109 Å². The van der Waals surface area contributed by atoms with Gasteiger partial charge in [0.25, 0.3) is 6.71 Å². The molecule has 2 nitrogen and oxygen atoms in total. The first kappa shape index (κ1) is 50.0. The number of hydrogen-bond acceptors (Lipinski definition) is 3. The van der Waals surface area contributed by atoms with E-state index in [-0.39, 0.29) is 44.6 Å². The number of anilines is 6. The highest BCUT2D eigenvalue weighted by atomic mass is 32.1. The van der Waals surface area contributed by atoms with E-state index in [1.807, 2.05) is 11.3 Å². The highest BCUT2D eigenvalue weighted by molar-refractivity contribution is 7.28. The van der Waals surface area contributed by atoms with Crippen molar-refractivity contribution in [2.45, 2.75) is 194 Å². The van der Waals surface area contributed by atoms with Crippen LogP contribution in [-0.2, 0) is 37.9 Å². The lowest BCUT2D eigenvalue weighted by molar-refractivity contribution is 0.332. The van der Waals surface area contributed by atoms with Crippen LogP contribution in [0.4, 0.5) is 34.1 Å². The van der Waals surface area contributed by atoms with Crippen molar-refractivity contribution in [3.05, 3.63) is 159 Å². The molecule has 0 unspecified atom stereocenters. The van der Waals surface area contributed by atoms with Gasteiger partial charge in [0, 0.05) is 54.3 Å². The summed E-state index contributed by atoms with van der Waals surface area (Å²) in [5.74, 6) is 0. The molecule has 3 aliphatic carbocycles. The molecule has 7 aromatic carbocycles. The van der Waals surface area contributed by atoms with Gasteiger partial charge >= 0.3 is 0 Å². The van der Waals surface area contributed by atoms with Crippen LogP contribution in [-0.4, -0.2) is 6.71 Å². The minimum Gasteiger partial charge on any atom is -0.311 e. The van der Waals surface area contributed by atoms with Gasteiger partial charge in [0.2, 0.25) is 0 Å². The van der Waals surface area contributed by atoms with E-state index in [0.29, 0.717) is 0 Å². The molecule has 0 fully saturated rings. The fraction of sp³-hybridized carbons (Fsp3) is 0.417. The molecule has 13 rings (SSSR count). The van der Waals surface area contributed by atoms with Crippen LogP contribution in [0.2, 0.25) is 0 Å². The monoisotopic (exact) mass is 1020 g/mol. The standard InChI is InChI=1S/C72H81BN2S/c1-42-21-18-19-22-46(42)44-36-59-63-60(37-44)75(57-40-53-50(35-43(57)2)68(8,9)31-33-71(53,14)15)56-28-26-47-62-49(66(3,4)5)23-20-24-61(62)76-65(47)64(56)73(63)55-39-52-54(72(16,17)34-32-70(52,12)13)41-58(55)74(59)45-25-27-48-51(38-45)69(10,11)30-29-67(48,6)7/h18-28,35-41H,29-34H2,1-17H3. The molecular formula is C72H81BN2S. The third-order valence-corrected chi connectivity index (χ3v) is 21.6. The van der Waals surface area contributed by atoms with E-state index in [0.717, 1.165) is 0 Å². The van der Waals surface area contributed by atoms with Crippen molar-refractivity contribution in [3.8, 4) is 11.1 Å². The Kier molecular flexibility index (Phi) is 10.5. The van der Waals surface area contributed by atoms with Crippen molar-refractivity contribution in [2.75, 3.05) is 9.80 Å². The van der Waals surface area contributed by atoms with E-state index in [1.54, 1.807) is 0 Å². The summed E-state index contributed by atoms with van der Waals surface area (Å²) >= 11 is 2.03. The first-order chi connectivity index (χ1) is 35.6. The van der Waals surface area contributed by atoms with Crippen LogP contribution in [0, 0.1) is 13.8 Å². The number of rotatable bonds is 3. The maximum absolute atomic E-state index is 2.77. The van der Waals surface area contributed by atoms with Crippen molar-refractivity contribution < 1.29 is 0 Å². The second-order valence-corrected chi connectivity index (χ2v) is 30.5. The molecule has 0 spiro atoms. The van der Waals surface area contributed by atoms with Crippen molar-refractivity contribution in [3.63, 3.8) is 0 Å². The number of benzene rings is 7. The van der Waals surface area contributed by atoms with Gasteiger partial charge in [0.05, 0.1) is 0 Å². The van der Waals surface area contributed by atoms with Crippen LogP contribution in [0.3, 0.4) is 0 Å². The summed E-state index contributed by atoms with van der Waals surface area (Å²) in [4.78, 5) is 5.53. The maximum Gasteiger partial charge on any atom is 0.254 e. The summed E-state index contributed by atoms with van der Waals surface area (Å²) in [6, 6.07) is 44.8. The quantitative estimate of drug-likeness (QED) is 0.163. The van der Waals surface area contributed by atoms with Crippen LogP contribution in [0.25, 0.3) is 31.3 Å². The SMILES string of the molecule is Cc1ccccc1-c1cc2c3c(c1)N(c1cc4c(cc1C)C(C)(C)CCC4(C)C)c1ccc4c(sc5cccc(C(C)(C)C)c54)c1B3c1cc3c(cc1N2c1ccc2c(c1)C(C)(C)CCC2(C)C)C(C)(C)CCC3(C)C. The molecule has 0 N–H and O–H groups in total. The Balaban J connectivity index is 1.23. The summed E-state index contributed by atoms with van der Waals surface area (Å²) in [5, 5.41) is 2.81. The number of hydrogen-bond donors (Lipinski definition) is 0. The molecule has 4 heteroatoms. The second kappa shape index (κ2) is 16.0. The topological polar surface area (TPSA) is 6.48 Å². The summed E-state index contributed by atoms with van der Waals surface area (Å²) in [7, 11) is 0. The normalized spacial score (nSPS) is 19.9. The third-order valence-electron chi connectivity index (χ3n) is 20.4. The van der Waals surface area contributed by atoms with Gasteiger partial charge in [-0.05, 0) is 216 Å². The van der Waals surface area contributed by atoms with Crippen molar-refractivity contribution >= 4 is 88.7 Å². The Hall–Kier alpha value is -5.58. The van der Waals surface area contributed by atoms with Crippen LogP contribution in [0.1, 0.15) is 192 Å². The largest absolute Gasteiger partial charge is 0.311 e. The third kappa shape index (κ3) is 7.16. The number of aryl methyl sites for hydroxylation is 2. The average Bonchev–Trinajstić information content (AvgIpc) is 3.83. The van der Waals surface area contributed by atoms with Crippen molar-refractivity contribution in [2.24, 2.45) is 0 Å². The Morgan fingerprint density at radius 1 is 0.447 bits per heavy atom. The zero-order valence-electron chi connectivity index (χ0n) is 49.0. The molecule has 0 amide bonds. The summed E-state index contributed by atoms with van der Waals surface area (Å²) in [5.41, 5.74) is 28.1. The van der Waals surface area contributed by atoms with E-state index in [4.69, 9.17) is 0 Å². The lowest BCUT2D eigenvalue weighted by atomic mass is 9.33. The smallest absolute Gasteiger partial charge is 0.254 e. The van der Waals surface area contributed by atoms with Gasteiger partial charge in [-0.2, -0.15) is 0 Å². The molecule has 2 aliphatic heterocycles. The molecule has 0 saturated heterocycles. The first-order valence-electron chi connectivity index (χ1n) is 28.9. The molecule has 1 aromatic heterocycles. The van der Waals surface area contributed by atoms with Crippen molar-refractivity contribution in [1.82, 2.24) is 0 Å². The summed E-state index contributed by atoms with van der Waals surface area (Å²) in [6.07, 6.45) is 7.06. The van der Waals surface area contributed by atoms with E-state index in [9.17, 15) is 0 Å². The molecule has 5 aliphatic rings. The average molecular weight is 1020 g/mol. The van der Waals surface area contributed by atoms with E-state index < -0.39 is 0 Å². The maximum atomic E-state index is 2.77.